The molecule has 0 aliphatic heterocycles. The highest BCUT2D eigenvalue weighted by Crippen LogP contribution is 2.27. The molecule has 0 radical (unpaired) electrons. The zero-order valence-corrected chi connectivity index (χ0v) is 13.0. The van der Waals surface area contributed by atoms with Crippen LogP contribution in [0.2, 0.25) is 5.02 Å². The number of anilines is 1. The summed E-state index contributed by atoms with van der Waals surface area (Å²) in [6.07, 6.45) is 0. The molecule has 0 bridgehead atoms. The average Bonchev–Trinajstić information content (AvgIpc) is 2.42. The first-order valence-corrected chi connectivity index (χ1v) is 7.21. The molecule has 3 rings (SSSR count). The molecular weight excluding hydrogens is 338 g/mol. The molecule has 20 heavy (non-hydrogen) atoms. The highest BCUT2D eigenvalue weighted by atomic mass is 79.9. The quantitative estimate of drug-likeness (QED) is 0.699. The van der Waals surface area contributed by atoms with Crippen molar-refractivity contribution in [2.75, 3.05) is 5.73 Å². The molecule has 0 saturated heterocycles. The van der Waals surface area contributed by atoms with Crippen molar-refractivity contribution in [2.45, 2.75) is 6.92 Å². The lowest BCUT2D eigenvalue weighted by Crippen LogP contribution is -1.98. The standard InChI is InChI=1S/C15H11BrClN3/c1-8-2-3-9(6-12(8)17)15-19-13-5-4-10(16)7-11(13)14(18)20-15/h2-7H,1H3,(H2,18,19,20). The van der Waals surface area contributed by atoms with Crippen molar-refractivity contribution in [3.63, 3.8) is 0 Å². The lowest BCUT2D eigenvalue weighted by Gasteiger charge is -2.07. The fourth-order valence-electron chi connectivity index (χ4n) is 1.99. The maximum absolute atomic E-state index is 6.15. The normalized spacial score (nSPS) is 10.9. The zero-order valence-electron chi connectivity index (χ0n) is 10.7. The van der Waals surface area contributed by atoms with Crippen molar-refractivity contribution >= 4 is 44.3 Å². The van der Waals surface area contributed by atoms with E-state index in [1.807, 2.05) is 43.3 Å². The van der Waals surface area contributed by atoms with E-state index in [1.165, 1.54) is 0 Å². The molecule has 0 saturated carbocycles. The Hall–Kier alpha value is -1.65. The summed E-state index contributed by atoms with van der Waals surface area (Å²) in [5, 5.41) is 1.53. The largest absolute Gasteiger partial charge is 0.383 e. The summed E-state index contributed by atoms with van der Waals surface area (Å²) in [6, 6.07) is 11.5. The average molecular weight is 349 g/mol. The van der Waals surface area contributed by atoms with Gasteiger partial charge in [-0.1, -0.05) is 39.7 Å². The van der Waals surface area contributed by atoms with Crippen LogP contribution >= 0.6 is 27.5 Å². The van der Waals surface area contributed by atoms with Crippen LogP contribution in [0.15, 0.2) is 40.9 Å². The Morgan fingerprint density at radius 3 is 2.65 bits per heavy atom. The Morgan fingerprint density at radius 2 is 1.90 bits per heavy atom. The topological polar surface area (TPSA) is 51.8 Å². The van der Waals surface area contributed by atoms with Gasteiger partial charge < -0.3 is 5.73 Å². The van der Waals surface area contributed by atoms with E-state index in [4.69, 9.17) is 17.3 Å². The summed E-state index contributed by atoms with van der Waals surface area (Å²) in [7, 11) is 0. The van der Waals surface area contributed by atoms with Gasteiger partial charge in [0, 0.05) is 20.4 Å². The summed E-state index contributed by atoms with van der Waals surface area (Å²) < 4.78 is 0.950. The van der Waals surface area contributed by atoms with Crippen molar-refractivity contribution < 1.29 is 0 Å². The van der Waals surface area contributed by atoms with Crippen molar-refractivity contribution in [3.05, 3.63) is 51.5 Å². The molecule has 0 unspecified atom stereocenters. The molecule has 1 heterocycles. The summed E-state index contributed by atoms with van der Waals surface area (Å²) in [5.74, 6) is 1.04. The predicted molar refractivity (Wildman–Crippen MR) is 86.8 cm³/mol. The highest BCUT2D eigenvalue weighted by molar-refractivity contribution is 9.10. The number of rotatable bonds is 1. The number of halogens is 2. The minimum Gasteiger partial charge on any atom is -0.383 e. The summed E-state index contributed by atoms with van der Waals surface area (Å²) in [5.41, 5.74) is 8.72. The van der Waals surface area contributed by atoms with Crippen molar-refractivity contribution in [1.82, 2.24) is 9.97 Å². The molecule has 0 fully saturated rings. The molecule has 0 aliphatic rings. The summed E-state index contributed by atoms with van der Waals surface area (Å²) in [4.78, 5) is 8.92. The lowest BCUT2D eigenvalue weighted by atomic mass is 10.1. The molecule has 0 spiro atoms. The summed E-state index contributed by atoms with van der Waals surface area (Å²) >= 11 is 9.57. The van der Waals surface area contributed by atoms with Crippen LogP contribution < -0.4 is 5.73 Å². The first-order valence-electron chi connectivity index (χ1n) is 6.04. The molecule has 1 aromatic heterocycles. The second kappa shape index (κ2) is 5.04. The van der Waals surface area contributed by atoms with E-state index in [-0.39, 0.29) is 0 Å². The van der Waals surface area contributed by atoms with Crippen LogP contribution in [0.4, 0.5) is 5.82 Å². The van der Waals surface area contributed by atoms with Gasteiger partial charge >= 0.3 is 0 Å². The van der Waals surface area contributed by atoms with E-state index in [2.05, 4.69) is 25.9 Å². The second-order valence-corrected chi connectivity index (χ2v) is 5.88. The van der Waals surface area contributed by atoms with Gasteiger partial charge in [0.15, 0.2) is 5.82 Å². The Bertz CT molecular complexity index is 818. The molecule has 2 aromatic carbocycles. The fraction of sp³-hybridized carbons (Fsp3) is 0.0667. The molecule has 5 heteroatoms. The number of hydrogen-bond donors (Lipinski definition) is 1. The van der Waals surface area contributed by atoms with E-state index in [1.54, 1.807) is 0 Å². The monoisotopic (exact) mass is 347 g/mol. The van der Waals surface area contributed by atoms with Gasteiger partial charge in [-0.2, -0.15) is 0 Å². The zero-order chi connectivity index (χ0) is 14.3. The van der Waals surface area contributed by atoms with Gasteiger partial charge in [-0.25, -0.2) is 9.97 Å². The Labute approximate surface area is 129 Å². The van der Waals surface area contributed by atoms with E-state index in [0.29, 0.717) is 16.7 Å². The van der Waals surface area contributed by atoms with Gasteiger partial charge in [-0.05, 0) is 36.8 Å². The molecule has 100 valence electrons. The van der Waals surface area contributed by atoms with Gasteiger partial charge in [0.05, 0.1) is 5.52 Å². The van der Waals surface area contributed by atoms with Crippen LogP contribution in [0.5, 0.6) is 0 Å². The first-order chi connectivity index (χ1) is 9.54. The summed E-state index contributed by atoms with van der Waals surface area (Å²) in [6.45, 7) is 1.96. The minimum absolute atomic E-state index is 0.461. The smallest absolute Gasteiger partial charge is 0.162 e. The van der Waals surface area contributed by atoms with Crippen molar-refractivity contribution in [1.29, 1.82) is 0 Å². The van der Waals surface area contributed by atoms with Gasteiger partial charge in [-0.15, -0.1) is 0 Å². The van der Waals surface area contributed by atoms with E-state index >= 15 is 0 Å². The lowest BCUT2D eigenvalue weighted by molar-refractivity contribution is 1.23. The highest BCUT2D eigenvalue weighted by Gasteiger charge is 2.09. The molecular formula is C15H11BrClN3. The number of aryl methyl sites for hydroxylation is 1. The number of nitrogens with two attached hydrogens (primary N) is 1. The molecule has 0 amide bonds. The van der Waals surface area contributed by atoms with E-state index in [0.717, 1.165) is 26.5 Å². The van der Waals surface area contributed by atoms with Gasteiger partial charge in [-0.3, -0.25) is 0 Å². The second-order valence-electron chi connectivity index (χ2n) is 4.56. The Balaban J connectivity index is 2.21. The number of aromatic nitrogens is 2. The third-order valence-electron chi connectivity index (χ3n) is 3.12. The third kappa shape index (κ3) is 2.37. The number of benzene rings is 2. The van der Waals surface area contributed by atoms with Crippen LogP contribution in [0.3, 0.4) is 0 Å². The maximum atomic E-state index is 6.15. The fourth-order valence-corrected chi connectivity index (χ4v) is 2.53. The van der Waals surface area contributed by atoms with Gasteiger partial charge in [0.25, 0.3) is 0 Å². The van der Waals surface area contributed by atoms with Crippen LogP contribution in [0, 0.1) is 6.92 Å². The first kappa shape index (κ1) is 13.3. The number of nitrogens with zero attached hydrogens (tertiary/aromatic N) is 2. The minimum atomic E-state index is 0.461. The predicted octanol–water partition coefficient (Wildman–Crippen LogP) is 4.60. The number of hydrogen-bond acceptors (Lipinski definition) is 3. The Kier molecular flexibility index (Phi) is 3.36. The van der Waals surface area contributed by atoms with Crippen molar-refractivity contribution in [3.8, 4) is 11.4 Å². The molecule has 2 N–H and O–H groups in total. The van der Waals surface area contributed by atoms with Crippen LogP contribution in [0.25, 0.3) is 22.3 Å². The third-order valence-corrected chi connectivity index (χ3v) is 4.02. The van der Waals surface area contributed by atoms with Crippen molar-refractivity contribution in [2.24, 2.45) is 0 Å². The Morgan fingerprint density at radius 1 is 1.10 bits per heavy atom. The van der Waals surface area contributed by atoms with Crippen LogP contribution in [-0.4, -0.2) is 9.97 Å². The van der Waals surface area contributed by atoms with E-state index < -0.39 is 0 Å². The van der Waals surface area contributed by atoms with Crippen LogP contribution in [0.1, 0.15) is 5.56 Å². The van der Waals surface area contributed by atoms with E-state index in [9.17, 15) is 0 Å². The van der Waals surface area contributed by atoms with Crippen LogP contribution in [-0.2, 0) is 0 Å². The molecule has 3 nitrogen and oxygen atoms in total. The molecule has 0 aliphatic carbocycles. The SMILES string of the molecule is Cc1ccc(-c2nc(N)c3cc(Br)ccc3n2)cc1Cl. The molecule has 0 atom stereocenters. The number of nitrogen functional groups attached to an aromatic ring is 1. The number of fused-ring (bicyclic) bond motifs is 1. The van der Waals surface area contributed by atoms with Gasteiger partial charge in [0.2, 0.25) is 0 Å². The van der Waals surface area contributed by atoms with Gasteiger partial charge in [0.1, 0.15) is 5.82 Å². The maximum Gasteiger partial charge on any atom is 0.162 e. The molecule has 3 aromatic rings.